The van der Waals surface area contributed by atoms with Crippen molar-refractivity contribution in [2.75, 3.05) is 16.4 Å². The second kappa shape index (κ2) is 8.76. The lowest BCUT2D eigenvalue weighted by Gasteiger charge is -2.09. The van der Waals surface area contributed by atoms with Gasteiger partial charge >= 0.3 is 6.03 Å². The first kappa shape index (κ1) is 18.3. The largest absolute Gasteiger partial charge is 0.335 e. The molecule has 0 aliphatic heterocycles. The molecular weight excluding hydrogens is 346 g/mol. The Morgan fingerprint density at radius 2 is 1.58 bits per heavy atom. The summed E-state index contributed by atoms with van der Waals surface area (Å²) in [5, 5.41) is 8.52. The van der Waals surface area contributed by atoms with E-state index in [2.05, 4.69) is 47.1 Å². The van der Waals surface area contributed by atoms with Crippen molar-refractivity contribution in [1.29, 1.82) is 0 Å². The van der Waals surface area contributed by atoms with Gasteiger partial charge in [0.2, 0.25) is 5.91 Å². The number of thioether (sulfide) groups is 1. The number of aryl methyl sites for hydroxylation is 1. The SMILES string of the molecule is Cc1ccc(CSCC(=O)Nc2ccc(NC(=O)NC3CC3)cc2)cc1. The maximum absolute atomic E-state index is 12.0. The fourth-order valence-electron chi connectivity index (χ4n) is 2.36. The summed E-state index contributed by atoms with van der Waals surface area (Å²) in [5.74, 6) is 1.18. The van der Waals surface area contributed by atoms with Crippen LogP contribution in [0.25, 0.3) is 0 Å². The molecule has 0 radical (unpaired) electrons. The summed E-state index contributed by atoms with van der Waals surface area (Å²) in [4.78, 5) is 23.7. The van der Waals surface area contributed by atoms with Gasteiger partial charge in [-0.15, -0.1) is 11.8 Å². The van der Waals surface area contributed by atoms with Gasteiger partial charge in [-0.05, 0) is 49.6 Å². The predicted molar refractivity (Wildman–Crippen MR) is 108 cm³/mol. The van der Waals surface area contributed by atoms with E-state index in [-0.39, 0.29) is 11.9 Å². The van der Waals surface area contributed by atoms with Crippen LogP contribution in [0, 0.1) is 6.92 Å². The second-order valence-electron chi connectivity index (χ2n) is 6.48. The van der Waals surface area contributed by atoms with E-state index in [9.17, 15) is 9.59 Å². The third-order valence-electron chi connectivity index (χ3n) is 3.96. The van der Waals surface area contributed by atoms with Gasteiger partial charge in [0.1, 0.15) is 0 Å². The van der Waals surface area contributed by atoms with Gasteiger partial charge in [-0.25, -0.2) is 4.79 Å². The summed E-state index contributed by atoms with van der Waals surface area (Å²) in [6.45, 7) is 2.06. The maximum atomic E-state index is 12.0. The molecule has 2 aromatic carbocycles. The Balaban J connectivity index is 1.39. The number of carbonyl (C=O) groups is 2. The Bertz CT molecular complexity index is 756. The van der Waals surface area contributed by atoms with Crippen LogP contribution in [-0.2, 0) is 10.5 Å². The van der Waals surface area contributed by atoms with Crippen molar-refractivity contribution in [1.82, 2.24) is 5.32 Å². The molecule has 0 bridgehead atoms. The van der Waals surface area contributed by atoms with Crippen LogP contribution in [0.2, 0.25) is 0 Å². The first-order valence-corrected chi connectivity index (χ1v) is 9.85. The number of hydrogen-bond donors (Lipinski definition) is 3. The number of rotatable bonds is 7. The molecule has 0 atom stereocenters. The van der Waals surface area contributed by atoms with E-state index >= 15 is 0 Å². The summed E-state index contributed by atoms with van der Waals surface area (Å²) >= 11 is 1.59. The van der Waals surface area contributed by atoms with E-state index in [4.69, 9.17) is 0 Å². The molecule has 1 fully saturated rings. The van der Waals surface area contributed by atoms with Crippen molar-refractivity contribution in [3.8, 4) is 0 Å². The molecule has 1 saturated carbocycles. The van der Waals surface area contributed by atoms with Gasteiger partial charge in [0.15, 0.2) is 0 Å². The van der Waals surface area contributed by atoms with E-state index in [1.807, 2.05) is 0 Å². The fourth-order valence-corrected chi connectivity index (χ4v) is 3.15. The summed E-state index contributed by atoms with van der Waals surface area (Å²) in [6.07, 6.45) is 2.11. The Labute approximate surface area is 157 Å². The molecule has 2 aromatic rings. The van der Waals surface area contributed by atoms with Crippen molar-refractivity contribution >= 4 is 35.1 Å². The Morgan fingerprint density at radius 1 is 0.962 bits per heavy atom. The van der Waals surface area contributed by atoms with Crippen molar-refractivity contribution in [2.45, 2.75) is 31.6 Å². The van der Waals surface area contributed by atoms with E-state index < -0.39 is 0 Å². The molecule has 1 aliphatic carbocycles. The van der Waals surface area contributed by atoms with Gasteiger partial charge < -0.3 is 16.0 Å². The number of nitrogens with one attached hydrogen (secondary N) is 3. The number of anilines is 2. The van der Waals surface area contributed by atoms with Crippen LogP contribution in [-0.4, -0.2) is 23.7 Å². The van der Waals surface area contributed by atoms with Crippen LogP contribution in [0.3, 0.4) is 0 Å². The third-order valence-corrected chi connectivity index (χ3v) is 4.97. The van der Waals surface area contributed by atoms with Crippen molar-refractivity contribution in [3.05, 3.63) is 59.7 Å². The first-order valence-electron chi connectivity index (χ1n) is 8.69. The quantitative estimate of drug-likeness (QED) is 0.687. The van der Waals surface area contributed by atoms with E-state index in [1.165, 1.54) is 11.1 Å². The molecule has 1 aliphatic rings. The minimum absolute atomic E-state index is 0.0331. The minimum atomic E-state index is -0.184. The molecule has 3 amide bonds. The summed E-state index contributed by atoms with van der Waals surface area (Å²) < 4.78 is 0. The summed E-state index contributed by atoms with van der Waals surface area (Å²) in [7, 11) is 0. The van der Waals surface area contributed by atoms with E-state index in [1.54, 1.807) is 36.0 Å². The van der Waals surface area contributed by atoms with Crippen molar-refractivity contribution < 1.29 is 9.59 Å². The molecule has 5 nitrogen and oxygen atoms in total. The minimum Gasteiger partial charge on any atom is -0.335 e. The number of amides is 3. The van der Waals surface area contributed by atoms with Crippen LogP contribution in [0.15, 0.2) is 48.5 Å². The van der Waals surface area contributed by atoms with Crippen LogP contribution in [0.4, 0.5) is 16.2 Å². The van der Waals surface area contributed by atoms with Crippen molar-refractivity contribution in [3.63, 3.8) is 0 Å². The zero-order valence-corrected chi connectivity index (χ0v) is 15.6. The molecule has 0 aromatic heterocycles. The lowest BCUT2D eigenvalue weighted by Crippen LogP contribution is -2.30. The molecule has 0 saturated heterocycles. The predicted octanol–water partition coefficient (Wildman–Crippen LogP) is 4.15. The molecule has 0 spiro atoms. The van der Waals surface area contributed by atoms with Gasteiger partial charge in [-0.3, -0.25) is 4.79 Å². The molecule has 136 valence electrons. The molecule has 26 heavy (non-hydrogen) atoms. The molecule has 3 N–H and O–H groups in total. The van der Waals surface area contributed by atoms with Crippen LogP contribution in [0.1, 0.15) is 24.0 Å². The standard InChI is InChI=1S/C20H23N3O2S/c1-14-2-4-15(5-3-14)12-26-13-19(24)21-16-6-8-17(9-7-16)22-20(25)23-18-10-11-18/h2-9,18H,10-13H2,1H3,(H,21,24)(H2,22,23,25). The summed E-state index contributed by atoms with van der Waals surface area (Å²) in [6, 6.07) is 15.6. The molecule has 0 heterocycles. The number of urea groups is 1. The number of benzene rings is 2. The van der Waals surface area contributed by atoms with Gasteiger partial charge in [-0.2, -0.15) is 0 Å². The third kappa shape index (κ3) is 6.11. The lowest BCUT2D eigenvalue weighted by atomic mass is 10.2. The average Bonchev–Trinajstić information content (AvgIpc) is 3.42. The molecule has 3 rings (SSSR count). The van der Waals surface area contributed by atoms with Crippen LogP contribution < -0.4 is 16.0 Å². The zero-order valence-electron chi connectivity index (χ0n) is 14.7. The monoisotopic (exact) mass is 369 g/mol. The Morgan fingerprint density at radius 3 is 2.19 bits per heavy atom. The number of hydrogen-bond acceptors (Lipinski definition) is 3. The van der Waals surface area contributed by atoms with Crippen LogP contribution >= 0.6 is 11.8 Å². The summed E-state index contributed by atoms with van der Waals surface area (Å²) in [5.41, 5.74) is 3.88. The second-order valence-corrected chi connectivity index (χ2v) is 7.46. The van der Waals surface area contributed by atoms with E-state index in [0.717, 1.165) is 24.3 Å². The Hall–Kier alpha value is -2.47. The van der Waals surface area contributed by atoms with Crippen molar-refractivity contribution in [2.24, 2.45) is 0 Å². The maximum Gasteiger partial charge on any atom is 0.319 e. The molecular formula is C20H23N3O2S. The normalized spacial score (nSPS) is 13.1. The fraction of sp³-hybridized carbons (Fsp3) is 0.300. The first-order chi connectivity index (χ1) is 12.6. The highest BCUT2D eigenvalue weighted by atomic mass is 32.2. The highest BCUT2D eigenvalue weighted by Crippen LogP contribution is 2.19. The molecule has 6 heteroatoms. The zero-order chi connectivity index (χ0) is 18.4. The van der Waals surface area contributed by atoms with Crippen LogP contribution in [0.5, 0.6) is 0 Å². The van der Waals surface area contributed by atoms with Gasteiger partial charge in [0, 0.05) is 23.2 Å². The smallest absolute Gasteiger partial charge is 0.319 e. The van der Waals surface area contributed by atoms with E-state index in [0.29, 0.717) is 17.5 Å². The number of carbonyl (C=O) groups excluding carboxylic acids is 2. The highest BCUT2D eigenvalue weighted by Gasteiger charge is 2.23. The topological polar surface area (TPSA) is 70.2 Å². The average molecular weight is 369 g/mol. The lowest BCUT2D eigenvalue weighted by molar-refractivity contribution is -0.113. The Kier molecular flexibility index (Phi) is 6.17. The van der Waals surface area contributed by atoms with Gasteiger partial charge in [0.05, 0.1) is 5.75 Å². The molecule has 0 unspecified atom stereocenters. The highest BCUT2D eigenvalue weighted by molar-refractivity contribution is 7.99. The van der Waals surface area contributed by atoms with Gasteiger partial charge in [-0.1, -0.05) is 29.8 Å². The van der Waals surface area contributed by atoms with Gasteiger partial charge in [0.25, 0.3) is 0 Å².